The van der Waals surface area contributed by atoms with E-state index in [1.165, 1.54) is 16.5 Å². The zero-order valence-corrected chi connectivity index (χ0v) is 19.1. The fourth-order valence-electron chi connectivity index (χ4n) is 4.83. The first kappa shape index (κ1) is 21.3. The number of aromatic amines is 1. The molecule has 31 heavy (non-hydrogen) atoms. The SMILES string of the molecule is COc1ccc(-c2[nH]c3ccc(C4CCN(C(C)=O)CC4)cc3c2C(C)C)cc1OC. The molecule has 2 heterocycles. The molecule has 0 saturated carbocycles. The van der Waals surface area contributed by atoms with Crippen molar-refractivity contribution in [3.63, 3.8) is 0 Å². The summed E-state index contributed by atoms with van der Waals surface area (Å²) in [5.74, 6) is 2.51. The Morgan fingerprint density at radius 1 is 1.03 bits per heavy atom. The Labute approximate surface area is 184 Å². The molecule has 4 rings (SSSR count). The number of aromatic nitrogens is 1. The number of methoxy groups -OCH3 is 2. The summed E-state index contributed by atoms with van der Waals surface area (Å²) in [4.78, 5) is 17.3. The number of amides is 1. The topological polar surface area (TPSA) is 54.6 Å². The molecule has 1 N–H and O–H groups in total. The summed E-state index contributed by atoms with van der Waals surface area (Å²) in [5, 5.41) is 1.28. The van der Waals surface area contributed by atoms with Crippen LogP contribution >= 0.6 is 0 Å². The van der Waals surface area contributed by atoms with Crippen LogP contribution in [0.5, 0.6) is 11.5 Å². The highest BCUT2D eigenvalue weighted by Crippen LogP contribution is 2.40. The van der Waals surface area contributed by atoms with Crippen molar-refractivity contribution in [2.75, 3.05) is 27.3 Å². The first-order valence-electron chi connectivity index (χ1n) is 11.1. The van der Waals surface area contributed by atoms with Gasteiger partial charge in [-0.05, 0) is 66.1 Å². The molecule has 3 aromatic rings. The van der Waals surface area contributed by atoms with E-state index in [4.69, 9.17) is 9.47 Å². The number of carbonyl (C=O) groups is 1. The van der Waals surface area contributed by atoms with Gasteiger partial charge in [-0.25, -0.2) is 0 Å². The van der Waals surface area contributed by atoms with Crippen LogP contribution < -0.4 is 9.47 Å². The molecule has 1 fully saturated rings. The van der Waals surface area contributed by atoms with E-state index in [0.29, 0.717) is 11.8 Å². The maximum atomic E-state index is 11.7. The normalized spacial score (nSPS) is 15.0. The molecule has 0 bridgehead atoms. The lowest BCUT2D eigenvalue weighted by atomic mass is 9.87. The molecule has 1 saturated heterocycles. The van der Waals surface area contributed by atoms with Crippen LogP contribution in [-0.4, -0.2) is 43.1 Å². The first-order chi connectivity index (χ1) is 14.9. The molecule has 2 aromatic carbocycles. The minimum atomic E-state index is 0.182. The molecule has 0 unspecified atom stereocenters. The summed E-state index contributed by atoms with van der Waals surface area (Å²) in [5.41, 5.74) is 6.07. The van der Waals surface area contributed by atoms with Crippen LogP contribution in [0, 0.1) is 0 Å². The van der Waals surface area contributed by atoms with Crippen molar-refractivity contribution >= 4 is 16.8 Å². The minimum absolute atomic E-state index is 0.182. The van der Waals surface area contributed by atoms with Crippen LogP contribution in [0.15, 0.2) is 36.4 Å². The standard InChI is InChI=1S/C26H32N2O3/c1-16(2)25-21-14-19(18-10-12-28(13-11-18)17(3)29)6-8-22(21)27-26(25)20-7-9-23(30-4)24(15-20)31-5/h6-9,14-16,18,27H,10-13H2,1-5H3. The predicted molar refractivity (Wildman–Crippen MR) is 125 cm³/mol. The summed E-state index contributed by atoms with van der Waals surface area (Å²) in [6.45, 7) is 7.84. The van der Waals surface area contributed by atoms with Gasteiger partial charge in [0.15, 0.2) is 11.5 Å². The van der Waals surface area contributed by atoms with Crippen LogP contribution in [0.2, 0.25) is 0 Å². The summed E-state index contributed by atoms with van der Waals surface area (Å²) in [6.07, 6.45) is 2.05. The molecule has 0 aliphatic carbocycles. The number of benzene rings is 2. The highest BCUT2D eigenvalue weighted by atomic mass is 16.5. The number of rotatable bonds is 5. The summed E-state index contributed by atoms with van der Waals surface area (Å²) in [7, 11) is 3.32. The number of piperidine rings is 1. The van der Waals surface area contributed by atoms with E-state index in [2.05, 4.69) is 43.1 Å². The highest BCUT2D eigenvalue weighted by Gasteiger charge is 2.24. The monoisotopic (exact) mass is 420 g/mol. The molecule has 0 spiro atoms. The summed E-state index contributed by atoms with van der Waals surface area (Å²) >= 11 is 0. The van der Waals surface area contributed by atoms with Gasteiger partial charge in [-0.1, -0.05) is 19.9 Å². The van der Waals surface area contributed by atoms with Gasteiger partial charge in [0, 0.05) is 36.5 Å². The molecule has 1 aromatic heterocycles. The zero-order valence-electron chi connectivity index (χ0n) is 19.1. The van der Waals surface area contributed by atoms with E-state index < -0.39 is 0 Å². The Morgan fingerprint density at radius 2 is 1.74 bits per heavy atom. The molecule has 5 nitrogen and oxygen atoms in total. The van der Waals surface area contributed by atoms with Crippen molar-refractivity contribution in [2.24, 2.45) is 0 Å². The van der Waals surface area contributed by atoms with E-state index in [9.17, 15) is 4.79 Å². The molecule has 1 aliphatic heterocycles. The second-order valence-corrected chi connectivity index (χ2v) is 8.72. The molecule has 164 valence electrons. The van der Waals surface area contributed by atoms with E-state index in [0.717, 1.165) is 54.2 Å². The molecule has 5 heteroatoms. The van der Waals surface area contributed by atoms with E-state index in [1.54, 1.807) is 21.1 Å². The largest absolute Gasteiger partial charge is 0.493 e. The third-order valence-electron chi connectivity index (χ3n) is 6.52. The average Bonchev–Trinajstić information content (AvgIpc) is 3.17. The number of fused-ring (bicyclic) bond motifs is 1. The van der Waals surface area contributed by atoms with Crippen LogP contribution in [0.4, 0.5) is 0 Å². The lowest BCUT2D eigenvalue weighted by molar-refractivity contribution is -0.129. The number of carbonyl (C=O) groups excluding carboxylic acids is 1. The summed E-state index contributed by atoms with van der Waals surface area (Å²) < 4.78 is 10.9. The van der Waals surface area contributed by atoms with E-state index in [-0.39, 0.29) is 5.91 Å². The molecule has 0 atom stereocenters. The zero-order chi connectivity index (χ0) is 22.1. The van der Waals surface area contributed by atoms with Gasteiger partial charge in [0.05, 0.1) is 19.9 Å². The van der Waals surface area contributed by atoms with Gasteiger partial charge < -0.3 is 19.4 Å². The Hall–Kier alpha value is -2.95. The fourth-order valence-corrected chi connectivity index (χ4v) is 4.83. The van der Waals surface area contributed by atoms with Crippen LogP contribution in [0.3, 0.4) is 0 Å². The predicted octanol–water partition coefficient (Wildman–Crippen LogP) is 5.70. The number of hydrogen-bond acceptors (Lipinski definition) is 3. The molecule has 1 aliphatic rings. The Balaban J connectivity index is 1.74. The number of hydrogen-bond donors (Lipinski definition) is 1. The second kappa shape index (κ2) is 8.66. The lowest BCUT2D eigenvalue weighted by Crippen LogP contribution is -2.36. The number of H-pyrrole nitrogens is 1. The average molecular weight is 421 g/mol. The quantitative estimate of drug-likeness (QED) is 0.576. The Bertz CT molecular complexity index is 1090. The van der Waals surface area contributed by atoms with Gasteiger partial charge in [-0.3, -0.25) is 4.79 Å². The first-order valence-corrected chi connectivity index (χ1v) is 11.1. The van der Waals surface area contributed by atoms with Crippen molar-refractivity contribution in [1.29, 1.82) is 0 Å². The van der Waals surface area contributed by atoms with Crippen LogP contribution in [-0.2, 0) is 4.79 Å². The van der Waals surface area contributed by atoms with Gasteiger partial charge >= 0.3 is 0 Å². The molecular formula is C26H32N2O3. The maximum absolute atomic E-state index is 11.7. The van der Waals surface area contributed by atoms with Crippen molar-refractivity contribution < 1.29 is 14.3 Å². The molecule has 0 radical (unpaired) electrons. The Kier molecular flexibility index (Phi) is 5.94. The Morgan fingerprint density at radius 3 is 2.35 bits per heavy atom. The minimum Gasteiger partial charge on any atom is -0.493 e. The third-order valence-corrected chi connectivity index (χ3v) is 6.52. The van der Waals surface area contributed by atoms with Gasteiger partial charge in [0.25, 0.3) is 0 Å². The van der Waals surface area contributed by atoms with Crippen molar-refractivity contribution in [3.05, 3.63) is 47.5 Å². The van der Waals surface area contributed by atoms with Crippen LogP contribution in [0.25, 0.3) is 22.2 Å². The molecule has 1 amide bonds. The third kappa shape index (κ3) is 4.01. The maximum Gasteiger partial charge on any atom is 0.219 e. The van der Waals surface area contributed by atoms with E-state index in [1.807, 2.05) is 17.0 Å². The van der Waals surface area contributed by atoms with Gasteiger partial charge in [-0.15, -0.1) is 0 Å². The van der Waals surface area contributed by atoms with E-state index >= 15 is 0 Å². The van der Waals surface area contributed by atoms with Crippen molar-refractivity contribution in [3.8, 4) is 22.8 Å². The summed E-state index contributed by atoms with van der Waals surface area (Å²) in [6, 6.07) is 12.9. The van der Waals surface area contributed by atoms with Crippen molar-refractivity contribution in [1.82, 2.24) is 9.88 Å². The van der Waals surface area contributed by atoms with Gasteiger partial charge in [0.1, 0.15) is 0 Å². The van der Waals surface area contributed by atoms with Gasteiger partial charge in [0.2, 0.25) is 5.91 Å². The smallest absolute Gasteiger partial charge is 0.219 e. The fraction of sp³-hybridized carbons (Fsp3) is 0.423. The number of nitrogens with zero attached hydrogens (tertiary/aromatic N) is 1. The number of likely N-dealkylation sites (tertiary alicyclic amines) is 1. The second-order valence-electron chi connectivity index (χ2n) is 8.72. The van der Waals surface area contributed by atoms with Crippen LogP contribution in [0.1, 0.15) is 56.6 Å². The number of nitrogens with one attached hydrogen (secondary N) is 1. The number of ether oxygens (including phenoxy) is 2. The lowest BCUT2D eigenvalue weighted by Gasteiger charge is -2.31. The molecular weight excluding hydrogens is 388 g/mol. The van der Waals surface area contributed by atoms with Crippen molar-refractivity contribution in [2.45, 2.75) is 45.4 Å². The highest BCUT2D eigenvalue weighted by molar-refractivity contribution is 5.92. The van der Waals surface area contributed by atoms with Gasteiger partial charge in [-0.2, -0.15) is 0 Å².